The summed E-state index contributed by atoms with van der Waals surface area (Å²) in [4.78, 5) is 4.48. The Kier molecular flexibility index (Phi) is 5.12. The smallest absolute Gasteiger partial charge is 0.149 e. The Morgan fingerprint density at radius 1 is 1.42 bits per heavy atom. The molecule has 0 bridgehead atoms. The number of aryl methyl sites for hydroxylation is 1. The van der Waals surface area contributed by atoms with Crippen LogP contribution in [-0.4, -0.2) is 29.6 Å². The molecule has 2 heterocycles. The molecular formula is C12H18N4OS2. The van der Waals surface area contributed by atoms with Gasteiger partial charge in [0.1, 0.15) is 15.8 Å². The standard InChI is InChI=1S/C12H18N4OS2/c1-8-7-18-12(15-8)9-10(13)16-19-11(9)14-5-3-4-6-17-2/h7,14H,3-6H2,1-2H3,(H2,13,16). The fourth-order valence-corrected chi connectivity index (χ4v) is 3.33. The van der Waals surface area contributed by atoms with Crippen molar-refractivity contribution >= 4 is 33.7 Å². The highest BCUT2D eigenvalue weighted by Gasteiger charge is 2.16. The SMILES string of the molecule is COCCCCNc1snc(N)c1-c1nc(C)cs1. The maximum atomic E-state index is 5.94. The minimum absolute atomic E-state index is 0.554. The van der Waals surface area contributed by atoms with Gasteiger partial charge in [0.05, 0.1) is 5.56 Å². The first kappa shape index (κ1) is 14.2. The molecule has 7 heteroatoms. The van der Waals surface area contributed by atoms with Crippen LogP contribution in [0.2, 0.25) is 0 Å². The van der Waals surface area contributed by atoms with E-state index in [1.54, 1.807) is 18.4 Å². The van der Waals surface area contributed by atoms with Crippen LogP contribution >= 0.6 is 22.9 Å². The van der Waals surface area contributed by atoms with Gasteiger partial charge in [-0.2, -0.15) is 4.37 Å². The van der Waals surface area contributed by atoms with Crippen LogP contribution in [0, 0.1) is 6.92 Å². The second-order valence-electron chi connectivity index (χ2n) is 4.19. The van der Waals surface area contributed by atoms with Gasteiger partial charge >= 0.3 is 0 Å². The average Bonchev–Trinajstić information content (AvgIpc) is 2.95. The maximum absolute atomic E-state index is 5.94. The number of nitrogens with zero attached hydrogens (tertiary/aromatic N) is 2. The Morgan fingerprint density at radius 2 is 2.26 bits per heavy atom. The van der Waals surface area contributed by atoms with Crippen LogP contribution in [0.1, 0.15) is 18.5 Å². The van der Waals surface area contributed by atoms with Crippen molar-refractivity contribution in [1.82, 2.24) is 9.36 Å². The van der Waals surface area contributed by atoms with Crippen LogP contribution in [0.3, 0.4) is 0 Å². The summed E-state index contributed by atoms with van der Waals surface area (Å²) in [6.45, 7) is 3.67. The molecule has 19 heavy (non-hydrogen) atoms. The van der Waals surface area contributed by atoms with E-state index in [0.717, 1.165) is 47.3 Å². The molecule has 2 aromatic rings. The van der Waals surface area contributed by atoms with Gasteiger partial charge in [-0.15, -0.1) is 11.3 Å². The van der Waals surface area contributed by atoms with E-state index in [1.807, 2.05) is 12.3 Å². The van der Waals surface area contributed by atoms with Crippen molar-refractivity contribution in [2.75, 3.05) is 31.3 Å². The molecule has 0 aromatic carbocycles. The molecule has 0 fully saturated rings. The highest BCUT2D eigenvalue weighted by atomic mass is 32.1. The number of methoxy groups -OCH3 is 1. The lowest BCUT2D eigenvalue weighted by atomic mass is 10.3. The summed E-state index contributed by atoms with van der Waals surface area (Å²) in [5, 5.41) is 7.35. The van der Waals surface area contributed by atoms with Crippen LogP contribution in [0.25, 0.3) is 10.6 Å². The first-order valence-electron chi connectivity index (χ1n) is 6.13. The number of nitrogens with one attached hydrogen (secondary N) is 1. The van der Waals surface area contributed by atoms with Crippen molar-refractivity contribution in [3.8, 4) is 10.6 Å². The lowest BCUT2D eigenvalue weighted by molar-refractivity contribution is 0.194. The van der Waals surface area contributed by atoms with Gasteiger partial charge < -0.3 is 15.8 Å². The van der Waals surface area contributed by atoms with Gasteiger partial charge in [0.25, 0.3) is 0 Å². The topological polar surface area (TPSA) is 73.1 Å². The summed E-state index contributed by atoms with van der Waals surface area (Å²) in [7, 11) is 1.72. The lowest BCUT2D eigenvalue weighted by Gasteiger charge is -2.05. The van der Waals surface area contributed by atoms with E-state index in [9.17, 15) is 0 Å². The number of hydrogen-bond donors (Lipinski definition) is 2. The predicted molar refractivity (Wildman–Crippen MR) is 82.0 cm³/mol. The molecule has 5 nitrogen and oxygen atoms in total. The zero-order chi connectivity index (χ0) is 13.7. The number of nitrogens with two attached hydrogens (primary N) is 1. The molecule has 0 aliphatic rings. The third kappa shape index (κ3) is 3.65. The molecule has 0 aliphatic heterocycles. The van der Waals surface area contributed by atoms with Gasteiger partial charge in [-0.3, -0.25) is 0 Å². The van der Waals surface area contributed by atoms with Crippen LogP contribution in [0.5, 0.6) is 0 Å². The van der Waals surface area contributed by atoms with Gasteiger partial charge in [0.15, 0.2) is 0 Å². The summed E-state index contributed by atoms with van der Waals surface area (Å²) < 4.78 is 9.24. The fourth-order valence-electron chi connectivity index (χ4n) is 1.67. The third-order valence-corrected chi connectivity index (χ3v) is 4.41. The third-order valence-electron chi connectivity index (χ3n) is 2.61. The summed E-state index contributed by atoms with van der Waals surface area (Å²) in [5.41, 5.74) is 7.89. The van der Waals surface area contributed by atoms with E-state index in [-0.39, 0.29) is 0 Å². The molecule has 0 radical (unpaired) electrons. The van der Waals surface area contributed by atoms with Crippen molar-refractivity contribution in [3.05, 3.63) is 11.1 Å². The summed E-state index contributed by atoms with van der Waals surface area (Å²) >= 11 is 2.99. The van der Waals surface area contributed by atoms with Crippen molar-refractivity contribution in [2.24, 2.45) is 0 Å². The molecule has 3 N–H and O–H groups in total. The van der Waals surface area contributed by atoms with E-state index in [0.29, 0.717) is 5.82 Å². The predicted octanol–water partition coefficient (Wildman–Crippen LogP) is 3.00. The van der Waals surface area contributed by atoms with Crippen LogP contribution in [0.4, 0.5) is 10.8 Å². The van der Waals surface area contributed by atoms with Crippen LogP contribution in [-0.2, 0) is 4.74 Å². The zero-order valence-electron chi connectivity index (χ0n) is 11.1. The Hall–Kier alpha value is -1.18. The van der Waals surface area contributed by atoms with Crippen molar-refractivity contribution in [2.45, 2.75) is 19.8 Å². The number of anilines is 2. The van der Waals surface area contributed by atoms with E-state index >= 15 is 0 Å². The van der Waals surface area contributed by atoms with Crippen LogP contribution < -0.4 is 11.1 Å². The number of nitrogen functional groups attached to an aromatic ring is 1. The number of unbranched alkanes of at least 4 members (excludes halogenated alkanes) is 1. The minimum atomic E-state index is 0.554. The molecule has 0 saturated carbocycles. The molecule has 2 rings (SSSR count). The highest BCUT2D eigenvalue weighted by Crippen LogP contribution is 2.38. The number of rotatable bonds is 7. The van der Waals surface area contributed by atoms with Crippen molar-refractivity contribution in [3.63, 3.8) is 0 Å². The minimum Gasteiger partial charge on any atom is -0.385 e. The molecule has 0 spiro atoms. The summed E-state index contributed by atoms with van der Waals surface area (Å²) in [6.07, 6.45) is 2.10. The van der Waals surface area contributed by atoms with Crippen LogP contribution in [0.15, 0.2) is 5.38 Å². The first-order valence-corrected chi connectivity index (χ1v) is 7.78. The normalized spacial score (nSPS) is 10.8. The Morgan fingerprint density at radius 3 is 2.95 bits per heavy atom. The first-order chi connectivity index (χ1) is 9.22. The molecule has 0 atom stereocenters. The maximum Gasteiger partial charge on any atom is 0.149 e. The largest absolute Gasteiger partial charge is 0.385 e. The summed E-state index contributed by atoms with van der Waals surface area (Å²) in [5.74, 6) is 0.554. The number of thiazole rings is 1. The number of aromatic nitrogens is 2. The van der Waals surface area contributed by atoms with E-state index in [1.165, 1.54) is 11.5 Å². The highest BCUT2D eigenvalue weighted by molar-refractivity contribution is 7.15. The fraction of sp³-hybridized carbons (Fsp3) is 0.500. The van der Waals surface area contributed by atoms with Gasteiger partial charge in [-0.1, -0.05) is 0 Å². The molecule has 104 valence electrons. The average molecular weight is 298 g/mol. The molecule has 0 aliphatic carbocycles. The van der Waals surface area contributed by atoms with Gasteiger partial charge in [-0.05, 0) is 31.3 Å². The molecular weight excluding hydrogens is 280 g/mol. The van der Waals surface area contributed by atoms with E-state index < -0.39 is 0 Å². The number of hydrogen-bond acceptors (Lipinski definition) is 7. The van der Waals surface area contributed by atoms with E-state index in [4.69, 9.17) is 10.5 Å². The Bertz CT molecular complexity index is 524. The van der Waals surface area contributed by atoms with Crippen molar-refractivity contribution in [1.29, 1.82) is 0 Å². The second kappa shape index (κ2) is 6.83. The molecule has 2 aromatic heterocycles. The zero-order valence-corrected chi connectivity index (χ0v) is 12.7. The van der Waals surface area contributed by atoms with Crippen molar-refractivity contribution < 1.29 is 4.74 Å². The van der Waals surface area contributed by atoms with Gasteiger partial charge in [0.2, 0.25) is 0 Å². The molecule has 0 amide bonds. The quantitative estimate of drug-likeness (QED) is 0.769. The Balaban J connectivity index is 2.02. The lowest BCUT2D eigenvalue weighted by Crippen LogP contribution is -2.02. The monoisotopic (exact) mass is 298 g/mol. The second-order valence-corrected chi connectivity index (χ2v) is 5.82. The van der Waals surface area contributed by atoms with Gasteiger partial charge in [-0.25, -0.2) is 4.98 Å². The molecule has 0 saturated heterocycles. The Labute approximate surface area is 121 Å². The summed E-state index contributed by atoms with van der Waals surface area (Å²) in [6, 6.07) is 0. The van der Waals surface area contributed by atoms with E-state index in [2.05, 4.69) is 14.7 Å². The van der Waals surface area contributed by atoms with Gasteiger partial charge in [0, 0.05) is 31.3 Å². The molecule has 0 unspecified atom stereocenters. The number of ether oxygens (including phenoxy) is 1.